The van der Waals surface area contributed by atoms with Gasteiger partial charge in [0.15, 0.2) is 0 Å². The molecule has 0 atom stereocenters. The Hall–Kier alpha value is -1.42. The van der Waals surface area contributed by atoms with Crippen LogP contribution in [0, 0.1) is 0 Å². The number of aromatic nitrogens is 3. The maximum absolute atomic E-state index is 4.30. The van der Waals surface area contributed by atoms with Gasteiger partial charge in [0.25, 0.3) is 0 Å². The molecule has 3 rings (SSSR count). The number of thiazole rings is 1. The molecule has 0 N–H and O–H groups in total. The monoisotopic (exact) mass is 245 g/mol. The van der Waals surface area contributed by atoms with Crippen LogP contribution in [0.4, 0.5) is 0 Å². The van der Waals surface area contributed by atoms with E-state index < -0.39 is 0 Å². The Labute approximate surface area is 104 Å². The summed E-state index contributed by atoms with van der Waals surface area (Å²) in [7, 11) is 0. The van der Waals surface area contributed by atoms with Crippen molar-refractivity contribution in [2.75, 3.05) is 0 Å². The van der Waals surface area contributed by atoms with Gasteiger partial charge >= 0.3 is 0 Å². The molecule has 0 bridgehead atoms. The van der Waals surface area contributed by atoms with Crippen molar-refractivity contribution in [2.45, 2.75) is 32.6 Å². The molecule has 0 spiro atoms. The minimum atomic E-state index is 1.01. The molecule has 0 saturated carbocycles. The SMILES string of the molecule is CCCCCc1nnc2sc3ccccc3n12. The van der Waals surface area contributed by atoms with E-state index in [2.05, 4.69) is 45.8 Å². The summed E-state index contributed by atoms with van der Waals surface area (Å²) in [6.07, 6.45) is 4.72. The van der Waals surface area contributed by atoms with Gasteiger partial charge in [0.2, 0.25) is 4.96 Å². The quantitative estimate of drug-likeness (QED) is 0.656. The zero-order chi connectivity index (χ0) is 11.7. The third-order valence-electron chi connectivity index (χ3n) is 3.01. The van der Waals surface area contributed by atoms with E-state index in [1.165, 1.54) is 29.5 Å². The van der Waals surface area contributed by atoms with Crippen molar-refractivity contribution in [3.8, 4) is 0 Å². The van der Waals surface area contributed by atoms with Gasteiger partial charge in [-0.1, -0.05) is 43.2 Å². The lowest BCUT2D eigenvalue weighted by molar-refractivity contribution is 0.691. The van der Waals surface area contributed by atoms with Gasteiger partial charge in [-0.2, -0.15) is 0 Å². The van der Waals surface area contributed by atoms with E-state index in [4.69, 9.17) is 0 Å². The lowest BCUT2D eigenvalue weighted by atomic mass is 10.2. The van der Waals surface area contributed by atoms with Crippen LogP contribution in [0.1, 0.15) is 32.0 Å². The Balaban J connectivity index is 2.06. The molecule has 17 heavy (non-hydrogen) atoms. The van der Waals surface area contributed by atoms with Crippen molar-refractivity contribution in [1.29, 1.82) is 0 Å². The first kappa shape index (κ1) is 10.7. The molecule has 0 unspecified atom stereocenters. The third-order valence-corrected chi connectivity index (χ3v) is 4.02. The van der Waals surface area contributed by atoms with Gasteiger partial charge in [0, 0.05) is 6.42 Å². The second kappa shape index (κ2) is 4.45. The number of aryl methyl sites for hydroxylation is 1. The molecule has 3 aromatic rings. The Kier molecular flexibility index (Phi) is 2.81. The molecule has 2 heterocycles. The first-order chi connectivity index (χ1) is 8.40. The lowest BCUT2D eigenvalue weighted by Gasteiger charge is -1.98. The van der Waals surface area contributed by atoms with Gasteiger partial charge < -0.3 is 0 Å². The number of para-hydroxylation sites is 1. The maximum atomic E-state index is 4.30. The first-order valence-corrected chi connectivity index (χ1v) is 6.93. The minimum Gasteiger partial charge on any atom is -0.269 e. The number of rotatable bonds is 4. The summed E-state index contributed by atoms with van der Waals surface area (Å²) in [6, 6.07) is 8.43. The highest BCUT2D eigenvalue weighted by Crippen LogP contribution is 2.26. The predicted octanol–water partition coefficient (Wildman–Crippen LogP) is 3.68. The fraction of sp³-hybridized carbons (Fsp3) is 0.385. The fourth-order valence-corrected chi connectivity index (χ4v) is 3.11. The van der Waals surface area contributed by atoms with Gasteiger partial charge in [-0.3, -0.25) is 4.40 Å². The fourth-order valence-electron chi connectivity index (χ4n) is 2.13. The Morgan fingerprint density at radius 1 is 1.18 bits per heavy atom. The lowest BCUT2D eigenvalue weighted by Crippen LogP contribution is -1.94. The molecule has 88 valence electrons. The summed E-state index contributed by atoms with van der Waals surface area (Å²) in [6.45, 7) is 2.22. The average Bonchev–Trinajstić information content (AvgIpc) is 2.89. The molecule has 3 nitrogen and oxygen atoms in total. The summed E-state index contributed by atoms with van der Waals surface area (Å²) in [4.78, 5) is 1.01. The van der Waals surface area contributed by atoms with Crippen LogP contribution in [0.2, 0.25) is 0 Å². The summed E-state index contributed by atoms with van der Waals surface area (Å²) >= 11 is 1.71. The minimum absolute atomic E-state index is 1.01. The summed E-state index contributed by atoms with van der Waals surface area (Å²) < 4.78 is 3.49. The maximum Gasteiger partial charge on any atom is 0.217 e. The molecule has 0 amide bonds. The number of nitrogens with zero attached hydrogens (tertiary/aromatic N) is 3. The van der Waals surface area contributed by atoms with Crippen LogP contribution < -0.4 is 0 Å². The van der Waals surface area contributed by atoms with E-state index >= 15 is 0 Å². The summed E-state index contributed by atoms with van der Waals surface area (Å²) in [5.41, 5.74) is 1.24. The molecule has 0 saturated heterocycles. The Morgan fingerprint density at radius 2 is 2.06 bits per heavy atom. The first-order valence-electron chi connectivity index (χ1n) is 6.11. The van der Waals surface area contributed by atoms with Crippen LogP contribution in [0.25, 0.3) is 15.2 Å². The largest absolute Gasteiger partial charge is 0.269 e. The number of hydrogen-bond donors (Lipinski definition) is 0. The van der Waals surface area contributed by atoms with E-state index in [1.54, 1.807) is 11.3 Å². The molecule has 0 aliphatic rings. The van der Waals surface area contributed by atoms with E-state index in [-0.39, 0.29) is 0 Å². The van der Waals surface area contributed by atoms with E-state index in [0.717, 1.165) is 17.2 Å². The third kappa shape index (κ3) is 1.82. The van der Waals surface area contributed by atoms with E-state index in [9.17, 15) is 0 Å². The van der Waals surface area contributed by atoms with Crippen molar-refractivity contribution >= 4 is 26.5 Å². The summed E-state index contributed by atoms with van der Waals surface area (Å²) in [5, 5.41) is 8.57. The molecule has 1 aromatic carbocycles. The van der Waals surface area contributed by atoms with Crippen LogP contribution >= 0.6 is 11.3 Å². The van der Waals surface area contributed by atoms with Gasteiger partial charge in [-0.05, 0) is 18.6 Å². The topological polar surface area (TPSA) is 30.2 Å². The van der Waals surface area contributed by atoms with Crippen molar-refractivity contribution < 1.29 is 0 Å². The molecule has 0 aliphatic heterocycles. The standard InChI is InChI=1S/C13H15N3S/c1-2-3-4-9-12-14-15-13-16(12)10-7-5-6-8-11(10)17-13/h5-8H,2-4,9H2,1H3. The van der Waals surface area contributed by atoms with Gasteiger partial charge in [0.05, 0.1) is 10.2 Å². The van der Waals surface area contributed by atoms with Crippen molar-refractivity contribution in [2.24, 2.45) is 0 Å². The number of benzene rings is 1. The zero-order valence-electron chi connectivity index (χ0n) is 9.89. The highest BCUT2D eigenvalue weighted by atomic mass is 32.1. The van der Waals surface area contributed by atoms with Crippen molar-refractivity contribution in [3.63, 3.8) is 0 Å². The smallest absolute Gasteiger partial charge is 0.217 e. The highest BCUT2D eigenvalue weighted by molar-refractivity contribution is 7.23. The molecule has 0 radical (unpaired) electrons. The van der Waals surface area contributed by atoms with E-state index in [0.29, 0.717) is 0 Å². The molecule has 2 aromatic heterocycles. The van der Waals surface area contributed by atoms with Crippen molar-refractivity contribution in [1.82, 2.24) is 14.6 Å². The normalized spacial score (nSPS) is 11.6. The predicted molar refractivity (Wildman–Crippen MR) is 71.6 cm³/mol. The Bertz CT molecular complexity index is 638. The molecular formula is C13H15N3S. The van der Waals surface area contributed by atoms with E-state index in [1.807, 2.05) is 0 Å². The van der Waals surface area contributed by atoms with Crippen LogP contribution in [0.5, 0.6) is 0 Å². The highest BCUT2D eigenvalue weighted by Gasteiger charge is 2.10. The second-order valence-corrected chi connectivity index (χ2v) is 5.27. The number of unbranched alkanes of at least 4 members (excludes halogenated alkanes) is 2. The van der Waals surface area contributed by atoms with Gasteiger partial charge in [0.1, 0.15) is 5.82 Å². The van der Waals surface area contributed by atoms with Gasteiger partial charge in [-0.15, -0.1) is 10.2 Å². The molecule has 0 fully saturated rings. The zero-order valence-corrected chi connectivity index (χ0v) is 10.7. The number of fused-ring (bicyclic) bond motifs is 3. The number of hydrogen-bond acceptors (Lipinski definition) is 3. The van der Waals surface area contributed by atoms with Gasteiger partial charge in [-0.25, -0.2) is 0 Å². The molecule has 0 aliphatic carbocycles. The molecule has 4 heteroatoms. The summed E-state index contributed by atoms with van der Waals surface area (Å²) in [5.74, 6) is 1.10. The van der Waals surface area contributed by atoms with Crippen LogP contribution in [0.3, 0.4) is 0 Å². The average molecular weight is 245 g/mol. The molecular weight excluding hydrogens is 230 g/mol. The Morgan fingerprint density at radius 3 is 2.94 bits per heavy atom. The van der Waals surface area contributed by atoms with Crippen LogP contribution in [-0.2, 0) is 6.42 Å². The second-order valence-electron chi connectivity index (χ2n) is 4.26. The van der Waals surface area contributed by atoms with Crippen molar-refractivity contribution in [3.05, 3.63) is 30.1 Å². The van der Waals surface area contributed by atoms with Crippen LogP contribution in [0.15, 0.2) is 24.3 Å². The van der Waals surface area contributed by atoms with Crippen LogP contribution in [-0.4, -0.2) is 14.6 Å².